The maximum atomic E-state index is 12.1. The molecule has 1 aromatic rings. The predicted octanol–water partition coefficient (Wildman–Crippen LogP) is 2.38. The van der Waals surface area contributed by atoms with Gasteiger partial charge in [-0.25, -0.2) is 8.42 Å². The average Bonchev–Trinajstić information content (AvgIpc) is 3.04. The molecule has 0 unspecified atom stereocenters. The largest absolute Gasteiger partial charge is 0.351 e. The average molecular weight is 334 g/mol. The van der Waals surface area contributed by atoms with Gasteiger partial charge in [-0.3, -0.25) is 9.89 Å². The molecule has 0 saturated heterocycles. The molecule has 1 aromatic heterocycles. The van der Waals surface area contributed by atoms with Gasteiger partial charge in [-0.2, -0.15) is 5.10 Å². The van der Waals surface area contributed by atoms with Crippen molar-refractivity contribution in [3.8, 4) is 0 Å². The van der Waals surface area contributed by atoms with Gasteiger partial charge in [-0.05, 0) is 24.7 Å². The molecule has 1 fully saturated rings. The van der Waals surface area contributed by atoms with Crippen LogP contribution >= 0.6 is 10.7 Å². The second-order valence-corrected chi connectivity index (χ2v) is 9.10. The van der Waals surface area contributed by atoms with E-state index in [1.165, 1.54) is 0 Å². The third-order valence-electron chi connectivity index (χ3n) is 3.35. The second-order valence-electron chi connectivity index (χ2n) is 6.59. The van der Waals surface area contributed by atoms with Crippen molar-refractivity contribution < 1.29 is 13.2 Å². The zero-order chi connectivity index (χ0) is 15.8. The Morgan fingerprint density at radius 3 is 2.52 bits per heavy atom. The molecule has 0 bridgehead atoms. The minimum Gasteiger partial charge on any atom is -0.351 e. The number of carbonyl (C=O) groups is 1. The van der Waals surface area contributed by atoms with Crippen molar-refractivity contribution in [2.75, 3.05) is 6.54 Å². The fourth-order valence-electron chi connectivity index (χ4n) is 2.03. The Balaban J connectivity index is 2.18. The van der Waals surface area contributed by atoms with Gasteiger partial charge in [0.1, 0.15) is 4.90 Å². The number of H-pyrrole nitrogens is 1. The third kappa shape index (κ3) is 4.20. The molecule has 1 saturated carbocycles. The summed E-state index contributed by atoms with van der Waals surface area (Å²) >= 11 is 0. The fraction of sp³-hybridized carbons (Fsp3) is 0.692. The molecule has 1 aliphatic carbocycles. The van der Waals surface area contributed by atoms with Gasteiger partial charge in [-0.1, -0.05) is 20.8 Å². The summed E-state index contributed by atoms with van der Waals surface area (Å²) in [6, 6.07) is 0. The highest BCUT2D eigenvalue weighted by atomic mass is 35.7. The van der Waals surface area contributed by atoms with E-state index in [-0.39, 0.29) is 21.9 Å². The van der Waals surface area contributed by atoms with E-state index in [0.29, 0.717) is 12.2 Å². The first-order valence-corrected chi connectivity index (χ1v) is 9.21. The van der Waals surface area contributed by atoms with E-state index in [0.717, 1.165) is 19.3 Å². The minimum absolute atomic E-state index is 0.0828. The Bertz CT molecular complexity index is 642. The number of amides is 1. The molecule has 8 heteroatoms. The predicted molar refractivity (Wildman–Crippen MR) is 80.0 cm³/mol. The zero-order valence-electron chi connectivity index (χ0n) is 12.4. The van der Waals surface area contributed by atoms with E-state index in [1.807, 2.05) is 0 Å². The van der Waals surface area contributed by atoms with Crippen LogP contribution in [0.15, 0.2) is 4.90 Å². The summed E-state index contributed by atoms with van der Waals surface area (Å²) in [6.45, 7) is 6.64. The zero-order valence-corrected chi connectivity index (χ0v) is 13.9. The van der Waals surface area contributed by atoms with Crippen LogP contribution in [0, 0.1) is 5.41 Å². The van der Waals surface area contributed by atoms with E-state index in [1.54, 1.807) is 0 Å². The van der Waals surface area contributed by atoms with E-state index >= 15 is 0 Å². The Kier molecular flexibility index (Phi) is 4.35. The van der Waals surface area contributed by atoms with Gasteiger partial charge in [0.2, 0.25) is 0 Å². The first kappa shape index (κ1) is 16.3. The van der Waals surface area contributed by atoms with Crippen LogP contribution in [0.2, 0.25) is 0 Å². The number of hydrogen-bond donors (Lipinski definition) is 2. The van der Waals surface area contributed by atoms with Crippen LogP contribution in [0.1, 0.15) is 62.1 Å². The molecule has 0 atom stereocenters. The number of aromatic nitrogens is 2. The topological polar surface area (TPSA) is 91.9 Å². The molecule has 1 amide bonds. The van der Waals surface area contributed by atoms with Crippen LogP contribution < -0.4 is 5.32 Å². The highest BCUT2D eigenvalue weighted by molar-refractivity contribution is 8.13. The van der Waals surface area contributed by atoms with Gasteiger partial charge in [0.15, 0.2) is 5.69 Å². The first-order chi connectivity index (χ1) is 9.59. The van der Waals surface area contributed by atoms with Crippen molar-refractivity contribution in [2.45, 2.75) is 50.8 Å². The molecule has 0 spiro atoms. The summed E-state index contributed by atoms with van der Waals surface area (Å²) < 4.78 is 23.5. The number of hydrogen-bond acceptors (Lipinski definition) is 4. The number of nitrogens with zero attached hydrogens (tertiary/aromatic N) is 1. The van der Waals surface area contributed by atoms with Crippen molar-refractivity contribution in [2.24, 2.45) is 5.41 Å². The lowest BCUT2D eigenvalue weighted by molar-refractivity contribution is 0.0941. The van der Waals surface area contributed by atoms with E-state index < -0.39 is 15.0 Å². The quantitative estimate of drug-likeness (QED) is 0.809. The summed E-state index contributed by atoms with van der Waals surface area (Å²) in [5.41, 5.74) is 0.395. The number of aromatic amines is 1. The Hall–Kier alpha value is -1.08. The minimum atomic E-state index is -4.01. The van der Waals surface area contributed by atoms with Crippen molar-refractivity contribution in [1.29, 1.82) is 0 Å². The maximum absolute atomic E-state index is 12.1. The molecule has 0 aromatic carbocycles. The molecule has 2 N–H and O–H groups in total. The SMILES string of the molecule is CC(C)(C)CCNC(=O)c1n[nH]c(C2CC2)c1S(=O)(=O)Cl. The van der Waals surface area contributed by atoms with Crippen molar-refractivity contribution >= 4 is 25.6 Å². The third-order valence-corrected chi connectivity index (χ3v) is 4.72. The lowest BCUT2D eigenvalue weighted by Crippen LogP contribution is -2.28. The summed E-state index contributed by atoms with van der Waals surface area (Å²) in [5.74, 6) is -0.404. The molecule has 2 rings (SSSR count). The molecular weight excluding hydrogens is 314 g/mol. The Labute approximate surface area is 129 Å². The van der Waals surface area contributed by atoms with Crippen LogP contribution in [0.25, 0.3) is 0 Å². The summed E-state index contributed by atoms with van der Waals surface area (Å²) in [7, 11) is 1.46. The van der Waals surface area contributed by atoms with Gasteiger partial charge in [0.25, 0.3) is 15.0 Å². The Morgan fingerprint density at radius 2 is 2.05 bits per heavy atom. The van der Waals surface area contributed by atoms with Crippen LogP contribution in [0.5, 0.6) is 0 Å². The summed E-state index contributed by atoms with van der Waals surface area (Å²) in [4.78, 5) is 12.0. The van der Waals surface area contributed by atoms with E-state index in [4.69, 9.17) is 10.7 Å². The smallest absolute Gasteiger partial charge is 0.273 e. The number of halogens is 1. The molecule has 6 nitrogen and oxygen atoms in total. The van der Waals surface area contributed by atoms with Crippen LogP contribution in [-0.4, -0.2) is 31.1 Å². The van der Waals surface area contributed by atoms with Crippen LogP contribution in [0.4, 0.5) is 0 Å². The highest BCUT2D eigenvalue weighted by Crippen LogP contribution is 2.43. The number of carbonyl (C=O) groups excluding carboxylic acids is 1. The monoisotopic (exact) mass is 333 g/mol. The number of nitrogens with one attached hydrogen (secondary N) is 2. The van der Waals surface area contributed by atoms with Crippen LogP contribution in [-0.2, 0) is 9.05 Å². The van der Waals surface area contributed by atoms with Gasteiger partial charge < -0.3 is 5.32 Å². The van der Waals surface area contributed by atoms with Crippen molar-refractivity contribution in [1.82, 2.24) is 15.5 Å². The first-order valence-electron chi connectivity index (χ1n) is 6.91. The molecule has 1 aliphatic rings. The molecule has 118 valence electrons. The van der Waals surface area contributed by atoms with E-state index in [9.17, 15) is 13.2 Å². The van der Waals surface area contributed by atoms with Gasteiger partial charge in [-0.15, -0.1) is 0 Å². The van der Waals surface area contributed by atoms with Crippen molar-refractivity contribution in [3.05, 3.63) is 11.4 Å². The Morgan fingerprint density at radius 1 is 1.43 bits per heavy atom. The standard InChI is InChI=1S/C13H20ClN3O3S/c1-13(2,3)6-7-15-12(18)10-11(21(14,19)20)9(16-17-10)8-4-5-8/h8H,4-7H2,1-3H3,(H,15,18)(H,16,17). The molecule has 0 radical (unpaired) electrons. The lowest BCUT2D eigenvalue weighted by Gasteiger charge is -2.17. The highest BCUT2D eigenvalue weighted by Gasteiger charge is 2.36. The van der Waals surface area contributed by atoms with Gasteiger partial charge in [0.05, 0.1) is 5.69 Å². The maximum Gasteiger partial charge on any atom is 0.273 e. The second kappa shape index (κ2) is 5.61. The number of rotatable bonds is 5. The van der Waals surface area contributed by atoms with Gasteiger partial charge >= 0.3 is 0 Å². The normalized spacial score (nSPS) is 16.0. The summed E-state index contributed by atoms with van der Waals surface area (Å²) in [6.07, 6.45) is 2.54. The summed E-state index contributed by atoms with van der Waals surface area (Å²) in [5, 5.41) is 9.21. The lowest BCUT2D eigenvalue weighted by atomic mass is 9.92. The molecule has 21 heavy (non-hydrogen) atoms. The molecule has 0 aliphatic heterocycles. The molecular formula is C13H20ClN3O3S. The fourth-order valence-corrected chi connectivity index (χ4v) is 3.34. The van der Waals surface area contributed by atoms with Crippen molar-refractivity contribution in [3.63, 3.8) is 0 Å². The van der Waals surface area contributed by atoms with Crippen LogP contribution in [0.3, 0.4) is 0 Å². The van der Waals surface area contributed by atoms with E-state index in [2.05, 4.69) is 36.3 Å². The van der Waals surface area contributed by atoms with Gasteiger partial charge in [0, 0.05) is 23.1 Å². The molecule has 1 heterocycles.